The van der Waals surface area contributed by atoms with E-state index in [4.69, 9.17) is 4.74 Å². The molecule has 18 heavy (non-hydrogen) atoms. The van der Waals surface area contributed by atoms with Gasteiger partial charge in [-0.3, -0.25) is 4.79 Å². The average molecular weight is 330 g/mol. The molecule has 0 fully saturated rings. The molecule has 1 amide bonds. The first kappa shape index (κ1) is 15.1. The SMILES string of the molecule is C=C(C)COCCNC(=O)/C=C/c1ccc(Br)s1. The Labute approximate surface area is 120 Å². The Hall–Kier alpha value is -0.910. The fraction of sp³-hybridized carbons (Fsp3) is 0.308. The molecule has 98 valence electrons. The van der Waals surface area contributed by atoms with Crippen LogP contribution in [0.15, 0.2) is 34.1 Å². The summed E-state index contributed by atoms with van der Waals surface area (Å²) in [5.74, 6) is -0.113. The monoisotopic (exact) mass is 329 g/mol. The van der Waals surface area contributed by atoms with E-state index in [1.54, 1.807) is 17.4 Å². The van der Waals surface area contributed by atoms with Crippen molar-refractivity contribution in [2.45, 2.75) is 6.92 Å². The van der Waals surface area contributed by atoms with E-state index in [-0.39, 0.29) is 5.91 Å². The summed E-state index contributed by atoms with van der Waals surface area (Å²) in [6.45, 7) is 7.17. The summed E-state index contributed by atoms with van der Waals surface area (Å²) in [4.78, 5) is 12.5. The molecule has 0 aromatic carbocycles. The van der Waals surface area contributed by atoms with Gasteiger partial charge in [-0.1, -0.05) is 12.2 Å². The molecule has 0 spiro atoms. The fourth-order valence-corrected chi connectivity index (χ4v) is 2.45. The van der Waals surface area contributed by atoms with E-state index in [0.29, 0.717) is 19.8 Å². The molecule has 0 atom stereocenters. The summed E-state index contributed by atoms with van der Waals surface area (Å²) in [6, 6.07) is 3.90. The Balaban J connectivity index is 2.17. The minimum absolute atomic E-state index is 0.113. The van der Waals surface area contributed by atoms with Crippen molar-refractivity contribution in [3.8, 4) is 0 Å². The molecular formula is C13H16BrNO2S. The summed E-state index contributed by atoms with van der Waals surface area (Å²) in [5.41, 5.74) is 0.976. The normalized spacial score (nSPS) is 10.8. The van der Waals surface area contributed by atoms with Crippen LogP contribution in [-0.2, 0) is 9.53 Å². The quantitative estimate of drug-likeness (QED) is 0.474. The predicted molar refractivity (Wildman–Crippen MR) is 79.7 cm³/mol. The number of hydrogen-bond donors (Lipinski definition) is 1. The molecule has 3 nitrogen and oxygen atoms in total. The minimum atomic E-state index is -0.113. The zero-order chi connectivity index (χ0) is 13.4. The largest absolute Gasteiger partial charge is 0.375 e. The van der Waals surface area contributed by atoms with Gasteiger partial charge in [0, 0.05) is 17.5 Å². The zero-order valence-electron chi connectivity index (χ0n) is 10.2. The number of amides is 1. The molecule has 0 saturated carbocycles. The Kier molecular flexibility index (Phi) is 6.93. The number of ether oxygens (including phenoxy) is 1. The highest BCUT2D eigenvalue weighted by molar-refractivity contribution is 9.11. The Morgan fingerprint density at radius 2 is 2.39 bits per heavy atom. The van der Waals surface area contributed by atoms with Crippen LogP contribution in [0.2, 0.25) is 0 Å². The first-order chi connectivity index (χ1) is 8.58. The third kappa shape index (κ3) is 6.74. The maximum absolute atomic E-state index is 11.4. The molecule has 1 rings (SSSR count). The van der Waals surface area contributed by atoms with Crippen LogP contribution in [0.4, 0.5) is 0 Å². The van der Waals surface area contributed by atoms with Crippen molar-refractivity contribution in [1.82, 2.24) is 5.32 Å². The van der Waals surface area contributed by atoms with Gasteiger partial charge in [0.05, 0.1) is 17.0 Å². The summed E-state index contributed by atoms with van der Waals surface area (Å²) >= 11 is 4.95. The first-order valence-corrected chi connectivity index (χ1v) is 7.12. The number of rotatable bonds is 7. The van der Waals surface area contributed by atoms with Gasteiger partial charge in [-0.05, 0) is 41.1 Å². The lowest BCUT2D eigenvalue weighted by Crippen LogP contribution is -2.25. The van der Waals surface area contributed by atoms with Gasteiger partial charge in [0.25, 0.3) is 0 Å². The fourth-order valence-electron chi connectivity index (χ4n) is 1.13. The number of carbonyl (C=O) groups is 1. The number of thiophene rings is 1. The lowest BCUT2D eigenvalue weighted by Gasteiger charge is -2.03. The maximum atomic E-state index is 11.4. The molecule has 0 aliphatic rings. The lowest BCUT2D eigenvalue weighted by atomic mass is 10.4. The highest BCUT2D eigenvalue weighted by atomic mass is 79.9. The van der Waals surface area contributed by atoms with Crippen LogP contribution in [0.3, 0.4) is 0 Å². The van der Waals surface area contributed by atoms with Gasteiger partial charge in [-0.25, -0.2) is 0 Å². The van der Waals surface area contributed by atoms with Gasteiger partial charge in [-0.2, -0.15) is 0 Å². The second kappa shape index (κ2) is 8.24. The molecule has 0 aliphatic carbocycles. The van der Waals surface area contributed by atoms with Crippen molar-refractivity contribution in [2.75, 3.05) is 19.8 Å². The van der Waals surface area contributed by atoms with Crippen LogP contribution in [0.25, 0.3) is 6.08 Å². The third-order valence-electron chi connectivity index (χ3n) is 1.89. The summed E-state index contributed by atoms with van der Waals surface area (Å²) in [6.07, 6.45) is 3.32. The molecule has 0 saturated heterocycles. The molecule has 1 heterocycles. The molecule has 1 aromatic rings. The summed E-state index contributed by atoms with van der Waals surface area (Å²) in [5, 5.41) is 2.75. The van der Waals surface area contributed by atoms with Crippen LogP contribution in [0, 0.1) is 0 Å². The smallest absolute Gasteiger partial charge is 0.244 e. The number of hydrogen-bond acceptors (Lipinski definition) is 3. The van der Waals surface area contributed by atoms with Gasteiger partial charge in [0.1, 0.15) is 0 Å². The van der Waals surface area contributed by atoms with Crippen LogP contribution in [-0.4, -0.2) is 25.7 Å². The van der Waals surface area contributed by atoms with E-state index < -0.39 is 0 Å². The number of nitrogens with one attached hydrogen (secondary N) is 1. The summed E-state index contributed by atoms with van der Waals surface area (Å²) in [7, 11) is 0. The molecule has 0 radical (unpaired) electrons. The van der Waals surface area contributed by atoms with Gasteiger partial charge in [0.2, 0.25) is 5.91 Å². The Morgan fingerprint density at radius 3 is 3.00 bits per heavy atom. The molecule has 0 aliphatic heterocycles. The minimum Gasteiger partial charge on any atom is -0.375 e. The molecule has 1 aromatic heterocycles. The van der Waals surface area contributed by atoms with Crippen LogP contribution < -0.4 is 5.32 Å². The van der Waals surface area contributed by atoms with Crippen LogP contribution in [0.1, 0.15) is 11.8 Å². The van der Waals surface area contributed by atoms with Crippen LogP contribution >= 0.6 is 27.3 Å². The van der Waals surface area contributed by atoms with Crippen molar-refractivity contribution in [1.29, 1.82) is 0 Å². The van der Waals surface area contributed by atoms with E-state index in [2.05, 4.69) is 27.8 Å². The standard InChI is InChI=1S/C13H16BrNO2S/c1-10(2)9-17-8-7-15-13(16)6-4-11-3-5-12(14)18-11/h3-6H,1,7-9H2,2H3,(H,15,16)/b6-4+. The van der Waals surface area contributed by atoms with E-state index >= 15 is 0 Å². The summed E-state index contributed by atoms with van der Waals surface area (Å²) < 4.78 is 6.32. The van der Waals surface area contributed by atoms with Gasteiger partial charge in [-0.15, -0.1) is 11.3 Å². The third-order valence-corrected chi connectivity index (χ3v) is 3.48. The van der Waals surface area contributed by atoms with Gasteiger partial charge < -0.3 is 10.1 Å². The second-order valence-electron chi connectivity index (χ2n) is 3.78. The molecule has 5 heteroatoms. The number of halogens is 1. The molecule has 1 N–H and O–H groups in total. The highest BCUT2D eigenvalue weighted by Crippen LogP contribution is 2.22. The molecule has 0 bridgehead atoms. The lowest BCUT2D eigenvalue weighted by molar-refractivity contribution is -0.116. The van der Waals surface area contributed by atoms with Crippen molar-refractivity contribution in [2.24, 2.45) is 0 Å². The van der Waals surface area contributed by atoms with Crippen molar-refractivity contribution < 1.29 is 9.53 Å². The van der Waals surface area contributed by atoms with Crippen molar-refractivity contribution in [3.63, 3.8) is 0 Å². The Morgan fingerprint density at radius 1 is 1.61 bits per heavy atom. The average Bonchev–Trinajstić information content (AvgIpc) is 2.71. The van der Waals surface area contributed by atoms with E-state index in [1.165, 1.54) is 6.08 Å². The molecular weight excluding hydrogens is 314 g/mol. The van der Waals surface area contributed by atoms with Crippen LogP contribution in [0.5, 0.6) is 0 Å². The predicted octanol–water partition coefficient (Wildman–Crippen LogP) is 3.23. The first-order valence-electron chi connectivity index (χ1n) is 5.51. The maximum Gasteiger partial charge on any atom is 0.244 e. The topological polar surface area (TPSA) is 38.3 Å². The van der Waals surface area contributed by atoms with Crippen molar-refractivity contribution >= 4 is 39.2 Å². The Bertz CT molecular complexity index is 440. The van der Waals surface area contributed by atoms with E-state index in [1.807, 2.05) is 19.1 Å². The van der Waals surface area contributed by atoms with E-state index in [9.17, 15) is 4.79 Å². The van der Waals surface area contributed by atoms with Gasteiger partial charge in [0.15, 0.2) is 0 Å². The highest BCUT2D eigenvalue weighted by Gasteiger charge is 1.96. The molecule has 0 unspecified atom stereocenters. The van der Waals surface area contributed by atoms with E-state index in [0.717, 1.165) is 14.2 Å². The van der Waals surface area contributed by atoms with Crippen molar-refractivity contribution in [3.05, 3.63) is 39.0 Å². The number of carbonyl (C=O) groups excluding carboxylic acids is 1. The zero-order valence-corrected chi connectivity index (χ0v) is 12.6. The van der Waals surface area contributed by atoms with Gasteiger partial charge >= 0.3 is 0 Å². The second-order valence-corrected chi connectivity index (χ2v) is 6.27.